The zero-order valence-electron chi connectivity index (χ0n) is 13.3. The highest BCUT2D eigenvalue weighted by molar-refractivity contribution is 6.06. The number of hydrogen-bond acceptors (Lipinski definition) is 4. The second-order valence-electron chi connectivity index (χ2n) is 5.73. The topological polar surface area (TPSA) is 84.5 Å². The molecule has 1 aromatic carbocycles. The van der Waals surface area contributed by atoms with Gasteiger partial charge in [0.15, 0.2) is 0 Å². The maximum absolute atomic E-state index is 12.5. The molecule has 0 bridgehead atoms. The van der Waals surface area contributed by atoms with Gasteiger partial charge in [-0.15, -0.1) is 0 Å². The number of benzene rings is 1. The Morgan fingerprint density at radius 2 is 2.00 bits per heavy atom. The minimum atomic E-state index is -0.699. The van der Waals surface area contributed by atoms with Crippen molar-refractivity contribution in [2.24, 2.45) is 0 Å². The molecule has 1 atom stereocenters. The quantitative estimate of drug-likeness (QED) is 0.817. The van der Waals surface area contributed by atoms with Crippen LogP contribution in [0.1, 0.15) is 24.8 Å². The van der Waals surface area contributed by atoms with Crippen LogP contribution >= 0.6 is 0 Å². The molecule has 0 spiro atoms. The molecule has 24 heavy (non-hydrogen) atoms. The van der Waals surface area contributed by atoms with E-state index in [2.05, 4.69) is 10.6 Å². The van der Waals surface area contributed by atoms with Gasteiger partial charge in [0.25, 0.3) is 5.91 Å². The van der Waals surface area contributed by atoms with E-state index in [0.717, 1.165) is 11.1 Å². The van der Waals surface area contributed by atoms with Crippen molar-refractivity contribution in [3.63, 3.8) is 0 Å². The van der Waals surface area contributed by atoms with E-state index in [9.17, 15) is 14.4 Å². The van der Waals surface area contributed by atoms with Crippen LogP contribution in [0.5, 0.6) is 0 Å². The Kier molecular flexibility index (Phi) is 4.46. The van der Waals surface area contributed by atoms with E-state index >= 15 is 0 Å². The number of allylic oxidation sites excluding steroid dienone is 1. The molecule has 1 saturated heterocycles. The van der Waals surface area contributed by atoms with E-state index < -0.39 is 11.9 Å². The maximum atomic E-state index is 12.5. The van der Waals surface area contributed by atoms with Gasteiger partial charge in [-0.05, 0) is 23.6 Å². The first-order valence-electron chi connectivity index (χ1n) is 7.76. The van der Waals surface area contributed by atoms with Crippen LogP contribution < -0.4 is 10.6 Å². The Labute approximate surface area is 139 Å². The summed E-state index contributed by atoms with van der Waals surface area (Å²) in [6.45, 7) is 0. The Morgan fingerprint density at radius 3 is 2.67 bits per heavy atom. The van der Waals surface area contributed by atoms with Gasteiger partial charge in [0.05, 0.1) is 12.7 Å². The summed E-state index contributed by atoms with van der Waals surface area (Å²) < 4.78 is 5.34. The van der Waals surface area contributed by atoms with Crippen molar-refractivity contribution >= 4 is 23.3 Å². The largest absolute Gasteiger partial charge is 0.500 e. The number of rotatable bonds is 4. The van der Waals surface area contributed by atoms with Gasteiger partial charge in [0.2, 0.25) is 11.8 Å². The van der Waals surface area contributed by atoms with Crippen molar-refractivity contribution in [1.29, 1.82) is 0 Å². The summed E-state index contributed by atoms with van der Waals surface area (Å²) in [4.78, 5) is 35.5. The van der Waals surface area contributed by atoms with Crippen molar-refractivity contribution < 1.29 is 19.1 Å². The highest BCUT2D eigenvalue weighted by Crippen LogP contribution is 2.32. The lowest BCUT2D eigenvalue weighted by molar-refractivity contribution is -0.136. The summed E-state index contributed by atoms with van der Waals surface area (Å²) in [7, 11) is 1.52. The van der Waals surface area contributed by atoms with Crippen molar-refractivity contribution in [1.82, 2.24) is 10.6 Å². The van der Waals surface area contributed by atoms with Gasteiger partial charge in [-0.1, -0.05) is 30.3 Å². The smallest absolute Gasteiger partial charge is 0.255 e. The molecule has 0 radical (unpaired) electrons. The van der Waals surface area contributed by atoms with Crippen LogP contribution in [0.25, 0.3) is 5.57 Å². The van der Waals surface area contributed by atoms with Crippen LogP contribution in [0.15, 0.2) is 47.7 Å². The van der Waals surface area contributed by atoms with Gasteiger partial charge >= 0.3 is 0 Å². The summed E-state index contributed by atoms with van der Waals surface area (Å²) in [5, 5.41) is 4.91. The van der Waals surface area contributed by atoms with Gasteiger partial charge in [-0.2, -0.15) is 0 Å². The fraction of sp³-hybridized carbons (Fsp3) is 0.278. The van der Waals surface area contributed by atoms with Gasteiger partial charge < -0.3 is 10.1 Å². The molecule has 6 heteroatoms. The Morgan fingerprint density at radius 1 is 1.25 bits per heavy atom. The summed E-state index contributed by atoms with van der Waals surface area (Å²) in [6.07, 6.45) is 2.84. The number of piperidine rings is 1. The molecule has 1 heterocycles. The van der Waals surface area contributed by atoms with Crippen LogP contribution in [-0.2, 0) is 19.1 Å². The van der Waals surface area contributed by atoms with E-state index in [0.29, 0.717) is 24.2 Å². The lowest BCUT2D eigenvalue weighted by Gasteiger charge is -2.22. The summed E-state index contributed by atoms with van der Waals surface area (Å²) in [6, 6.07) is 9.05. The van der Waals surface area contributed by atoms with Gasteiger partial charge in [-0.3, -0.25) is 19.7 Å². The van der Waals surface area contributed by atoms with Crippen LogP contribution in [0.2, 0.25) is 0 Å². The Balaban J connectivity index is 1.76. The molecule has 0 saturated carbocycles. The molecule has 2 aliphatic rings. The number of hydrogen-bond donors (Lipinski definition) is 2. The van der Waals surface area contributed by atoms with Gasteiger partial charge in [0, 0.05) is 12.8 Å². The van der Waals surface area contributed by atoms with E-state index in [-0.39, 0.29) is 18.2 Å². The summed E-state index contributed by atoms with van der Waals surface area (Å²) in [5.74, 6) is -0.579. The molecule has 1 aliphatic carbocycles. The van der Waals surface area contributed by atoms with Crippen molar-refractivity contribution in [2.45, 2.75) is 25.3 Å². The second-order valence-corrected chi connectivity index (χ2v) is 5.73. The average molecular weight is 326 g/mol. The molecule has 6 nitrogen and oxygen atoms in total. The molecule has 2 N–H and O–H groups in total. The average Bonchev–Trinajstić information content (AvgIpc) is 3.02. The van der Waals surface area contributed by atoms with Gasteiger partial charge in [-0.25, -0.2) is 0 Å². The normalized spacial score (nSPS) is 20.5. The molecular formula is C18H18N2O4. The Bertz CT molecular complexity index is 750. The molecule has 1 unspecified atom stereocenters. The first-order chi connectivity index (χ1) is 11.6. The molecular weight excluding hydrogens is 308 g/mol. The predicted octanol–water partition coefficient (Wildman–Crippen LogP) is 1.30. The Hall–Kier alpha value is -2.89. The number of imide groups is 1. The fourth-order valence-electron chi connectivity index (χ4n) is 2.85. The van der Waals surface area contributed by atoms with Crippen molar-refractivity contribution in [3.8, 4) is 0 Å². The highest BCUT2D eigenvalue weighted by atomic mass is 16.5. The standard InChI is InChI=1S/C18H18N2O4/c1-24-15-10-12(11-5-3-2-4-6-11)9-13(15)17(22)19-14-7-8-16(21)20-18(14)23/h2-6,9,14H,7-8,10H2,1H3,(H,19,22)(H,20,21,23). The molecule has 1 aromatic rings. The van der Waals surface area contributed by atoms with Crippen LogP contribution in [-0.4, -0.2) is 30.9 Å². The number of carbonyl (C=O) groups is 3. The number of ether oxygens (including phenoxy) is 1. The minimum Gasteiger partial charge on any atom is -0.500 e. The zero-order valence-corrected chi connectivity index (χ0v) is 13.3. The van der Waals surface area contributed by atoms with Crippen molar-refractivity contribution in [2.75, 3.05) is 7.11 Å². The SMILES string of the molecule is COC1=C(C(=O)NC2CCC(=O)NC2=O)C=C(c2ccccc2)C1. The maximum Gasteiger partial charge on any atom is 0.255 e. The molecule has 1 fully saturated rings. The third-order valence-corrected chi connectivity index (χ3v) is 4.15. The summed E-state index contributed by atoms with van der Waals surface area (Å²) in [5.41, 5.74) is 2.43. The number of amides is 3. The first-order valence-corrected chi connectivity index (χ1v) is 7.76. The minimum absolute atomic E-state index is 0.220. The molecule has 0 aromatic heterocycles. The van der Waals surface area contributed by atoms with E-state index in [1.54, 1.807) is 6.08 Å². The monoisotopic (exact) mass is 326 g/mol. The molecule has 3 amide bonds. The van der Waals surface area contributed by atoms with E-state index in [4.69, 9.17) is 4.74 Å². The van der Waals surface area contributed by atoms with Crippen molar-refractivity contribution in [3.05, 3.63) is 53.3 Å². The zero-order chi connectivity index (χ0) is 17.1. The predicted molar refractivity (Wildman–Crippen MR) is 87.4 cm³/mol. The molecule has 1 aliphatic heterocycles. The van der Waals surface area contributed by atoms with Crippen LogP contribution in [0, 0.1) is 0 Å². The lowest BCUT2D eigenvalue weighted by atomic mass is 10.0. The lowest BCUT2D eigenvalue weighted by Crippen LogP contribution is -2.52. The van der Waals surface area contributed by atoms with Crippen LogP contribution in [0.4, 0.5) is 0 Å². The first kappa shape index (κ1) is 16.0. The molecule has 3 rings (SSSR count). The molecule has 124 valence electrons. The third-order valence-electron chi connectivity index (χ3n) is 4.15. The number of carbonyl (C=O) groups excluding carboxylic acids is 3. The highest BCUT2D eigenvalue weighted by Gasteiger charge is 2.30. The number of nitrogens with one attached hydrogen (secondary N) is 2. The number of methoxy groups -OCH3 is 1. The van der Waals surface area contributed by atoms with E-state index in [1.165, 1.54) is 7.11 Å². The fourth-order valence-corrected chi connectivity index (χ4v) is 2.85. The van der Waals surface area contributed by atoms with Gasteiger partial charge in [0.1, 0.15) is 11.8 Å². The summed E-state index contributed by atoms with van der Waals surface area (Å²) >= 11 is 0. The van der Waals surface area contributed by atoms with E-state index in [1.807, 2.05) is 30.3 Å². The second kappa shape index (κ2) is 6.70. The third kappa shape index (κ3) is 3.22. The van der Waals surface area contributed by atoms with Crippen LogP contribution in [0.3, 0.4) is 0 Å².